The summed E-state index contributed by atoms with van der Waals surface area (Å²) in [5, 5.41) is 24.1. The Labute approximate surface area is 162 Å². The zero-order valence-electron chi connectivity index (χ0n) is 15.1. The van der Waals surface area contributed by atoms with Gasteiger partial charge >= 0.3 is 11.9 Å². The van der Waals surface area contributed by atoms with E-state index in [9.17, 15) is 9.59 Å². The van der Waals surface area contributed by atoms with Gasteiger partial charge in [0.25, 0.3) is 0 Å². The number of para-hydroxylation sites is 3. The van der Waals surface area contributed by atoms with Crippen LogP contribution in [0.5, 0.6) is 0 Å². The maximum atomic E-state index is 9.72. The molecular weight excluding hydrogens is 358 g/mol. The molecule has 1 atom stereocenters. The van der Waals surface area contributed by atoms with Crippen LogP contribution in [0.3, 0.4) is 0 Å². The van der Waals surface area contributed by atoms with Crippen LogP contribution in [-0.4, -0.2) is 33.4 Å². The first-order chi connectivity index (χ1) is 13.5. The van der Waals surface area contributed by atoms with Crippen LogP contribution in [-0.2, 0) is 9.59 Å². The summed E-state index contributed by atoms with van der Waals surface area (Å²) in [6, 6.07) is 31.3. The lowest BCUT2D eigenvalue weighted by atomic mass is 10.2. The van der Waals surface area contributed by atoms with Crippen molar-refractivity contribution < 1.29 is 24.9 Å². The molecule has 0 bridgehead atoms. The number of aliphatic hydroxyl groups is 1. The Morgan fingerprint density at radius 3 is 1.21 bits per heavy atom. The third kappa shape index (κ3) is 6.26. The highest BCUT2D eigenvalue weighted by atomic mass is 16.4. The van der Waals surface area contributed by atoms with E-state index < -0.39 is 24.5 Å². The van der Waals surface area contributed by atoms with E-state index in [0.717, 1.165) is 0 Å². The predicted molar refractivity (Wildman–Crippen MR) is 107 cm³/mol. The maximum absolute atomic E-state index is 9.72. The standard InChI is InChI=1S/C18H15N.C4H6O5/c1-4-10-16(11-5-1)19(17-12-6-2-7-13-17)18-14-8-3-9-15-18;5-2(4(8)9)1-3(6)7/h1-15H;2,5H,1H2,(H,6,7)(H,8,9). The fraction of sp³-hybridized carbons (Fsp3) is 0.0909. The van der Waals surface area contributed by atoms with Crippen molar-refractivity contribution in [3.8, 4) is 0 Å². The second-order valence-electron chi connectivity index (χ2n) is 5.79. The van der Waals surface area contributed by atoms with Gasteiger partial charge in [-0.15, -0.1) is 0 Å². The molecular formula is C22H21NO5. The highest BCUT2D eigenvalue weighted by Gasteiger charge is 2.16. The minimum absolute atomic E-state index is 0.755. The van der Waals surface area contributed by atoms with Gasteiger partial charge < -0.3 is 20.2 Å². The molecule has 144 valence electrons. The number of hydrogen-bond donors (Lipinski definition) is 3. The van der Waals surface area contributed by atoms with E-state index in [-0.39, 0.29) is 0 Å². The molecule has 1 unspecified atom stereocenters. The molecule has 0 amide bonds. The van der Waals surface area contributed by atoms with Crippen LogP contribution >= 0.6 is 0 Å². The summed E-state index contributed by atoms with van der Waals surface area (Å²) in [6.45, 7) is 0. The number of benzene rings is 3. The quantitative estimate of drug-likeness (QED) is 0.597. The number of aliphatic hydroxyl groups excluding tert-OH is 1. The summed E-state index contributed by atoms with van der Waals surface area (Å²) < 4.78 is 0. The summed E-state index contributed by atoms with van der Waals surface area (Å²) in [5.74, 6) is -2.85. The van der Waals surface area contributed by atoms with Gasteiger partial charge in [-0.2, -0.15) is 0 Å². The third-order valence-corrected chi connectivity index (χ3v) is 3.70. The van der Waals surface area contributed by atoms with Crippen LogP contribution in [0.15, 0.2) is 91.0 Å². The van der Waals surface area contributed by atoms with Crippen molar-refractivity contribution in [3.63, 3.8) is 0 Å². The summed E-state index contributed by atoms with van der Waals surface area (Å²) >= 11 is 0. The van der Waals surface area contributed by atoms with Crippen LogP contribution in [0.25, 0.3) is 0 Å². The molecule has 0 radical (unpaired) electrons. The number of rotatable bonds is 6. The second kappa shape index (κ2) is 10.5. The van der Waals surface area contributed by atoms with E-state index in [1.165, 1.54) is 17.1 Å². The van der Waals surface area contributed by atoms with Gasteiger partial charge in [-0.1, -0.05) is 54.6 Å². The Hall–Kier alpha value is -3.64. The zero-order valence-corrected chi connectivity index (χ0v) is 15.1. The monoisotopic (exact) mass is 379 g/mol. The number of nitrogens with zero attached hydrogens (tertiary/aromatic N) is 1. The normalized spacial score (nSPS) is 10.9. The summed E-state index contributed by atoms with van der Waals surface area (Å²) in [6.07, 6.45) is -2.54. The van der Waals surface area contributed by atoms with Crippen LogP contribution in [0.1, 0.15) is 6.42 Å². The molecule has 0 saturated heterocycles. The summed E-state index contributed by atoms with van der Waals surface area (Å²) in [5.41, 5.74) is 3.50. The van der Waals surface area contributed by atoms with Crippen molar-refractivity contribution in [1.82, 2.24) is 0 Å². The highest BCUT2D eigenvalue weighted by Crippen LogP contribution is 2.33. The first-order valence-corrected chi connectivity index (χ1v) is 8.57. The van der Waals surface area contributed by atoms with E-state index in [0.29, 0.717) is 0 Å². The average Bonchev–Trinajstić information content (AvgIpc) is 2.71. The van der Waals surface area contributed by atoms with Gasteiger partial charge in [-0.25, -0.2) is 4.79 Å². The number of aliphatic carboxylic acids is 2. The lowest BCUT2D eigenvalue weighted by Gasteiger charge is -2.25. The molecule has 0 aliphatic carbocycles. The number of carbonyl (C=O) groups is 2. The van der Waals surface area contributed by atoms with E-state index in [1.54, 1.807) is 0 Å². The third-order valence-electron chi connectivity index (χ3n) is 3.70. The second-order valence-corrected chi connectivity index (χ2v) is 5.79. The number of anilines is 3. The molecule has 0 fully saturated rings. The Morgan fingerprint density at radius 2 is 1.00 bits per heavy atom. The fourth-order valence-corrected chi connectivity index (χ4v) is 2.43. The van der Waals surface area contributed by atoms with Gasteiger partial charge in [0.05, 0.1) is 6.42 Å². The highest BCUT2D eigenvalue weighted by molar-refractivity contribution is 5.79. The van der Waals surface area contributed by atoms with E-state index in [1.807, 2.05) is 18.2 Å². The number of carboxylic acid groups (broad SMARTS) is 2. The first-order valence-electron chi connectivity index (χ1n) is 8.57. The smallest absolute Gasteiger partial charge is 0.333 e. The predicted octanol–water partition coefficient (Wildman–Crippen LogP) is 4.06. The van der Waals surface area contributed by atoms with Crippen molar-refractivity contribution in [2.45, 2.75) is 12.5 Å². The van der Waals surface area contributed by atoms with E-state index in [2.05, 4.69) is 77.7 Å². The van der Waals surface area contributed by atoms with Gasteiger partial charge in [0.15, 0.2) is 6.10 Å². The molecule has 0 aliphatic heterocycles. The lowest BCUT2D eigenvalue weighted by molar-refractivity contribution is -0.152. The van der Waals surface area contributed by atoms with Crippen molar-refractivity contribution in [1.29, 1.82) is 0 Å². The molecule has 6 heteroatoms. The number of carboxylic acids is 2. The Kier molecular flexibility index (Phi) is 7.75. The molecule has 3 N–H and O–H groups in total. The molecule has 6 nitrogen and oxygen atoms in total. The number of hydrogen-bond acceptors (Lipinski definition) is 4. The molecule has 3 aromatic rings. The largest absolute Gasteiger partial charge is 0.481 e. The van der Waals surface area contributed by atoms with E-state index in [4.69, 9.17) is 15.3 Å². The average molecular weight is 379 g/mol. The van der Waals surface area contributed by atoms with Gasteiger partial charge in [-0.3, -0.25) is 4.79 Å². The molecule has 0 heterocycles. The minimum atomic E-state index is -1.79. The van der Waals surface area contributed by atoms with Crippen molar-refractivity contribution >= 4 is 29.0 Å². The van der Waals surface area contributed by atoms with Crippen molar-refractivity contribution in [3.05, 3.63) is 91.0 Å². The molecule has 0 aromatic heterocycles. The molecule has 0 aliphatic rings. The van der Waals surface area contributed by atoms with Gasteiger partial charge in [0, 0.05) is 17.1 Å². The summed E-state index contributed by atoms with van der Waals surface area (Å²) in [7, 11) is 0. The van der Waals surface area contributed by atoms with Crippen LogP contribution in [0.4, 0.5) is 17.1 Å². The van der Waals surface area contributed by atoms with Crippen molar-refractivity contribution in [2.24, 2.45) is 0 Å². The SMILES string of the molecule is O=C(O)CC(O)C(=O)O.c1ccc(N(c2ccccc2)c2ccccc2)cc1. The summed E-state index contributed by atoms with van der Waals surface area (Å²) in [4.78, 5) is 21.7. The van der Waals surface area contributed by atoms with Crippen LogP contribution in [0.2, 0.25) is 0 Å². The Morgan fingerprint density at radius 1 is 0.679 bits per heavy atom. The molecule has 3 aromatic carbocycles. The first kappa shape index (κ1) is 20.7. The Balaban J connectivity index is 0.000000266. The Bertz CT molecular complexity index is 775. The van der Waals surface area contributed by atoms with Gasteiger partial charge in [-0.05, 0) is 36.4 Å². The minimum Gasteiger partial charge on any atom is -0.481 e. The molecule has 28 heavy (non-hydrogen) atoms. The fourth-order valence-electron chi connectivity index (χ4n) is 2.43. The molecule has 3 rings (SSSR count). The van der Waals surface area contributed by atoms with Gasteiger partial charge in [0.2, 0.25) is 0 Å². The van der Waals surface area contributed by atoms with E-state index >= 15 is 0 Å². The van der Waals surface area contributed by atoms with Crippen molar-refractivity contribution in [2.75, 3.05) is 4.90 Å². The van der Waals surface area contributed by atoms with Gasteiger partial charge in [0.1, 0.15) is 0 Å². The van der Waals surface area contributed by atoms with Crippen LogP contribution < -0.4 is 4.90 Å². The zero-order chi connectivity index (χ0) is 20.4. The lowest BCUT2D eigenvalue weighted by Crippen LogP contribution is -2.22. The maximum Gasteiger partial charge on any atom is 0.333 e. The topological polar surface area (TPSA) is 98.1 Å². The molecule has 0 spiro atoms. The van der Waals surface area contributed by atoms with Crippen LogP contribution in [0, 0.1) is 0 Å². The molecule has 0 saturated carbocycles.